The molecule has 2 rings (SSSR count). The molecule has 1 aromatic carbocycles. The first kappa shape index (κ1) is 24.5. The molecule has 1 saturated heterocycles. The Balaban J connectivity index is 1.73. The fourth-order valence-electron chi connectivity index (χ4n) is 3.05. The number of halogens is 3. The van der Waals surface area contributed by atoms with Crippen LogP contribution in [0.25, 0.3) is 0 Å². The summed E-state index contributed by atoms with van der Waals surface area (Å²) in [5.41, 5.74) is -1.21. The van der Waals surface area contributed by atoms with Crippen molar-refractivity contribution in [2.24, 2.45) is 0 Å². The normalized spacial score (nSPS) is 14.9. The molecule has 0 unspecified atom stereocenters. The van der Waals surface area contributed by atoms with Crippen molar-refractivity contribution in [1.29, 1.82) is 0 Å². The second kappa shape index (κ2) is 10.0. The molecular formula is C21H28F3N3O4. The van der Waals surface area contributed by atoms with Crippen molar-refractivity contribution in [3.63, 3.8) is 0 Å². The number of benzene rings is 1. The van der Waals surface area contributed by atoms with Crippen LogP contribution < -0.4 is 5.32 Å². The number of piperazine rings is 1. The van der Waals surface area contributed by atoms with Crippen LogP contribution in [0.4, 0.5) is 18.0 Å². The Bertz CT molecular complexity index is 781. The van der Waals surface area contributed by atoms with Gasteiger partial charge in [0, 0.05) is 44.7 Å². The number of carbonyl (C=O) groups is 3. The lowest BCUT2D eigenvalue weighted by Crippen LogP contribution is -2.50. The molecule has 1 heterocycles. The van der Waals surface area contributed by atoms with E-state index in [4.69, 9.17) is 4.74 Å². The maximum absolute atomic E-state index is 12.7. The number of hydrogen-bond acceptors (Lipinski definition) is 4. The van der Waals surface area contributed by atoms with Gasteiger partial charge < -0.3 is 19.9 Å². The highest BCUT2D eigenvalue weighted by molar-refractivity contribution is 5.94. The summed E-state index contributed by atoms with van der Waals surface area (Å²) in [7, 11) is 0. The van der Waals surface area contributed by atoms with Crippen molar-refractivity contribution in [3.8, 4) is 0 Å². The molecule has 31 heavy (non-hydrogen) atoms. The van der Waals surface area contributed by atoms with E-state index in [1.165, 1.54) is 17.0 Å². The van der Waals surface area contributed by atoms with Gasteiger partial charge >= 0.3 is 12.3 Å². The smallest absolute Gasteiger partial charge is 0.416 e. The predicted octanol–water partition coefficient (Wildman–Crippen LogP) is 3.29. The maximum Gasteiger partial charge on any atom is 0.416 e. The molecule has 10 heteroatoms. The molecule has 3 amide bonds. The summed E-state index contributed by atoms with van der Waals surface area (Å²) in [5.74, 6) is -0.435. The van der Waals surface area contributed by atoms with E-state index in [0.717, 1.165) is 12.1 Å². The monoisotopic (exact) mass is 443 g/mol. The van der Waals surface area contributed by atoms with Crippen LogP contribution in [0, 0.1) is 0 Å². The number of carbonyl (C=O) groups excluding carboxylic acids is 3. The zero-order valence-electron chi connectivity index (χ0n) is 17.9. The number of ether oxygens (including phenoxy) is 1. The van der Waals surface area contributed by atoms with Gasteiger partial charge in [-0.15, -0.1) is 0 Å². The van der Waals surface area contributed by atoms with Gasteiger partial charge in [-0.2, -0.15) is 13.2 Å². The fraction of sp³-hybridized carbons (Fsp3) is 0.571. The van der Waals surface area contributed by atoms with Gasteiger partial charge in [0.25, 0.3) is 5.91 Å². The van der Waals surface area contributed by atoms with E-state index in [1.54, 1.807) is 25.7 Å². The first-order valence-corrected chi connectivity index (χ1v) is 10.1. The van der Waals surface area contributed by atoms with Crippen LogP contribution in [0.15, 0.2) is 24.3 Å². The molecule has 172 valence electrons. The van der Waals surface area contributed by atoms with E-state index in [9.17, 15) is 27.6 Å². The molecule has 1 fully saturated rings. The summed E-state index contributed by atoms with van der Waals surface area (Å²) in [6.07, 6.45) is -4.27. The number of amides is 3. The van der Waals surface area contributed by atoms with Crippen molar-refractivity contribution < 1.29 is 32.3 Å². The summed E-state index contributed by atoms with van der Waals surface area (Å²) < 4.78 is 43.1. The zero-order chi connectivity index (χ0) is 23.2. The highest BCUT2D eigenvalue weighted by atomic mass is 19.4. The quantitative estimate of drug-likeness (QED) is 0.709. The van der Waals surface area contributed by atoms with Crippen LogP contribution in [-0.2, 0) is 15.7 Å². The van der Waals surface area contributed by atoms with E-state index in [-0.39, 0.29) is 23.8 Å². The number of alkyl carbamates (subject to hydrolysis) is 1. The minimum absolute atomic E-state index is 0.0763. The minimum Gasteiger partial charge on any atom is -0.444 e. The molecule has 0 spiro atoms. The molecule has 0 bridgehead atoms. The van der Waals surface area contributed by atoms with Gasteiger partial charge in [0.15, 0.2) is 0 Å². The lowest BCUT2D eigenvalue weighted by atomic mass is 10.1. The van der Waals surface area contributed by atoms with E-state index >= 15 is 0 Å². The molecule has 0 radical (unpaired) electrons. The van der Waals surface area contributed by atoms with E-state index in [2.05, 4.69) is 5.32 Å². The topological polar surface area (TPSA) is 79.0 Å². The third kappa shape index (κ3) is 7.76. The van der Waals surface area contributed by atoms with Gasteiger partial charge in [-0.1, -0.05) is 0 Å². The van der Waals surface area contributed by atoms with E-state index in [0.29, 0.717) is 39.1 Å². The first-order valence-electron chi connectivity index (χ1n) is 10.1. The zero-order valence-corrected chi connectivity index (χ0v) is 17.9. The van der Waals surface area contributed by atoms with Gasteiger partial charge in [0.2, 0.25) is 5.91 Å². The molecule has 7 nitrogen and oxygen atoms in total. The molecule has 0 aromatic heterocycles. The average molecular weight is 443 g/mol. The largest absolute Gasteiger partial charge is 0.444 e. The maximum atomic E-state index is 12.7. The van der Waals surface area contributed by atoms with Gasteiger partial charge in [0.05, 0.1) is 5.56 Å². The van der Waals surface area contributed by atoms with Crippen molar-refractivity contribution >= 4 is 17.9 Å². The Hall–Kier alpha value is -2.78. The van der Waals surface area contributed by atoms with Crippen molar-refractivity contribution in [1.82, 2.24) is 15.1 Å². The number of hydrogen-bond donors (Lipinski definition) is 1. The molecule has 0 saturated carbocycles. The summed E-state index contributed by atoms with van der Waals surface area (Å²) in [4.78, 5) is 39.6. The third-order valence-corrected chi connectivity index (χ3v) is 4.61. The molecule has 1 aliphatic rings. The fourth-order valence-corrected chi connectivity index (χ4v) is 3.05. The molecule has 0 aliphatic carbocycles. The number of nitrogens with one attached hydrogen (secondary N) is 1. The van der Waals surface area contributed by atoms with Gasteiger partial charge in [-0.3, -0.25) is 9.59 Å². The van der Waals surface area contributed by atoms with Crippen LogP contribution in [0.5, 0.6) is 0 Å². The SMILES string of the molecule is CC(C)(C)OC(=O)NCCCC(=O)N1CCN(C(=O)c2ccc(C(F)(F)F)cc2)CC1. The third-order valence-electron chi connectivity index (χ3n) is 4.61. The summed E-state index contributed by atoms with van der Waals surface area (Å²) in [6, 6.07) is 4.11. The first-order chi connectivity index (χ1) is 14.4. The van der Waals surface area contributed by atoms with Gasteiger partial charge in [-0.05, 0) is 51.5 Å². The number of alkyl halides is 3. The van der Waals surface area contributed by atoms with Gasteiger partial charge in [-0.25, -0.2) is 4.79 Å². The number of nitrogens with zero attached hydrogens (tertiary/aromatic N) is 2. The molecular weight excluding hydrogens is 415 g/mol. The lowest BCUT2D eigenvalue weighted by Gasteiger charge is -2.35. The summed E-state index contributed by atoms with van der Waals surface area (Å²) >= 11 is 0. The van der Waals surface area contributed by atoms with E-state index < -0.39 is 23.4 Å². The highest BCUT2D eigenvalue weighted by Gasteiger charge is 2.31. The second-order valence-electron chi connectivity index (χ2n) is 8.28. The Morgan fingerprint density at radius 3 is 2.03 bits per heavy atom. The predicted molar refractivity (Wildman–Crippen MR) is 107 cm³/mol. The Morgan fingerprint density at radius 1 is 0.968 bits per heavy atom. The van der Waals surface area contributed by atoms with Crippen LogP contribution in [0.2, 0.25) is 0 Å². The van der Waals surface area contributed by atoms with Crippen LogP contribution >= 0.6 is 0 Å². The Morgan fingerprint density at radius 2 is 1.52 bits per heavy atom. The highest BCUT2D eigenvalue weighted by Crippen LogP contribution is 2.29. The lowest BCUT2D eigenvalue weighted by molar-refractivity contribution is -0.137. The molecule has 0 atom stereocenters. The standard InChI is InChI=1S/C21H28F3N3O4/c1-20(2,3)31-19(30)25-10-4-5-17(28)26-11-13-27(14-12-26)18(29)15-6-8-16(9-7-15)21(22,23)24/h6-9H,4-5,10-14H2,1-3H3,(H,25,30). The van der Waals surface area contributed by atoms with Crippen LogP contribution in [-0.4, -0.2) is 66.0 Å². The van der Waals surface area contributed by atoms with Gasteiger partial charge in [0.1, 0.15) is 5.60 Å². The average Bonchev–Trinajstić information content (AvgIpc) is 2.69. The Kier molecular flexibility index (Phi) is 7.91. The Labute approximate surface area is 179 Å². The molecule has 1 aromatic rings. The minimum atomic E-state index is -4.45. The summed E-state index contributed by atoms with van der Waals surface area (Å²) in [5, 5.41) is 2.60. The van der Waals surface area contributed by atoms with Crippen molar-refractivity contribution in [2.75, 3.05) is 32.7 Å². The van der Waals surface area contributed by atoms with E-state index in [1.807, 2.05) is 0 Å². The molecule has 1 N–H and O–H groups in total. The number of rotatable bonds is 5. The van der Waals surface area contributed by atoms with Crippen molar-refractivity contribution in [2.45, 2.75) is 45.4 Å². The van der Waals surface area contributed by atoms with Crippen LogP contribution in [0.1, 0.15) is 49.5 Å². The summed E-state index contributed by atoms with van der Waals surface area (Å²) in [6.45, 7) is 6.92. The second-order valence-corrected chi connectivity index (χ2v) is 8.28. The van der Waals surface area contributed by atoms with Crippen molar-refractivity contribution in [3.05, 3.63) is 35.4 Å². The molecule has 1 aliphatic heterocycles. The van der Waals surface area contributed by atoms with Crippen LogP contribution in [0.3, 0.4) is 0 Å².